The highest BCUT2D eigenvalue weighted by molar-refractivity contribution is 8.93. The average Bonchev–Trinajstić information content (AvgIpc) is 2.84. The van der Waals surface area contributed by atoms with Gasteiger partial charge in [-0.1, -0.05) is 6.07 Å². The van der Waals surface area contributed by atoms with E-state index in [2.05, 4.69) is 25.6 Å². The van der Waals surface area contributed by atoms with Gasteiger partial charge in [-0.25, -0.2) is 4.98 Å². The molecule has 0 atom stereocenters. The SMILES string of the molecule is Br.Cc1cccn2c(=O)c(-c3nn[nH]n3)cnc12. The molecular formula is C10H9BrN6O. The molecule has 3 heterocycles. The number of nitrogens with one attached hydrogen (secondary N) is 1. The maximum absolute atomic E-state index is 12.2. The first-order valence-corrected chi connectivity index (χ1v) is 4.98. The van der Waals surface area contributed by atoms with Crippen LogP contribution in [0.15, 0.2) is 29.3 Å². The molecule has 0 fully saturated rings. The standard InChI is InChI=1S/C10H8N6O.BrH/c1-6-3-2-4-16-9(6)11-5-7(10(16)17)8-12-14-15-13-8;/h2-5H,1H3,(H,12,13,14,15);1H. The Balaban J connectivity index is 0.00000120. The Bertz CT molecular complexity index is 736. The third kappa shape index (κ3) is 1.80. The molecule has 0 aliphatic heterocycles. The quantitative estimate of drug-likeness (QED) is 0.717. The van der Waals surface area contributed by atoms with E-state index in [1.807, 2.05) is 13.0 Å². The largest absolute Gasteiger partial charge is 0.269 e. The third-order valence-electron chi connectivity index (χ3n) is 2.51. The zero-order valence-corrected chi connectivity index (χ0v) is 11.1. The molecule has 8 heteroatoms. The molecule has 0 aromatic carbocycles. The fraction of sp³-hybridized carbons (Fsp3) is 0.100. The fourth-order valence-corrected chi connectivity index (χ4v) is 1.68. The summed E-state index contributed by atoms with van der Waals surface area (Å²) in [6.07, 6.45) is 3.14. The maximum Gasteiger partial charge on any atom is 0.269 e. The van der Waals surface area contributed by atoms with Crippen LogP contribution in [0.2, 0.25) is 0 Å². The Labute approximate surface area is 112 Å². The monoisotopic (exact) mass is 308 g/mol. The molecule has 0 aliphatic rings. The minimum absolute atomic E-state index is 0. The van der Waals surface area contributed by atoms with Crippen molar-refractivity contribution in [2.75, 3.05) is 0 Å². The first-order chi connectivity index (χ1) is 8.27. The van der Waals surface area contributed by atoms with Crippen LogP contribution in [0.3, 0.4) is 0 Å². The number of tetrazole rings is 1. The van der Waals surface area contributed by atoms with Crippen LogP contribution < -0.4 is 5.56 Å². The van der Waals surface area contributed by atoms with Crippen molar-refractivity contribution in [1.29, 1.82) is 0 Å². The Morgan fingerprint density at radius 3 is 2.94 bits per heavy atom. The molecule has 0 spiro atoms. The zero-order valence-electron chi connectivity index (χ0n) is 9.36. The molecule has 7 nitrogen and oxygen atoms in total. The van der Waals surface area contributed by atoms with Crippen molar-refractivity contribution in [3.05, 3.63) is 40.4 Å². The number of halogens is 1. The molecule has 0 bridgehead atoms. The summed E-state index contributed by atoms with van der Waals surface area (Å²) in [7, 11) is 0. The molecule has 18 heavy (non-hydrogen) atoms. The first-order valence-electron chi connectivity index (χ1n) is 4.98. The van der Waals surface area contributed by atoms with Crippen LogP contribution in [0.4, 0.5) is 0 Å². The number of hydrogen-bond donors (Lipinski definition) is 1. The number of pyridine rings is 1. The highest BCUT2D eigenvalue weighted by atomic mass is 79.9. The third-order valence-corrected chi connectivity index (χ3v) is 2.51. The van der Waals surface area contributed by atoms with E-state index >= 15 is 0 Å². The number of rotatable bonds is 1. The number of fused-ring (bicyclic) bond motifs is 1. The predicted octanol–water partition coefficient (Wildman–Crippen LogP) is 0.761. The lowest BCUT2D eigenvalue weighted by atomic mass is 10.2. The molecule has 0 aliphatic carbocycles. The molecular weight excluding hydrogens is 300 g/mol. The van der Waals surface area contributed by atoms with E-state index in [0.29, 0.717) is 11.2 Å². The van der Waals surface area contributed by atoms with Gasteiger partial charge in [0.15, 0.2) is 0 Å². The van der Waals surface area contributed by atoms with Crippen molar-refractivity contribution in [2.24, 2.45) is 0 Å². The molecule has 92 valence electrons. The summed E-state index contributed by atoms with van der Waals surface area (Å²) >= 11 is 0. The molecule has 3 aromatic heterocycles. The van der Waals surface area contributed by atoms with Crippen LogP contribution in [0.1, 0.15) is 5.56 Å². The van der Waals surface area contributed by atoms with Crippen molar-refractivity contribution in [1.82, 2.24) is 30.0 Å². The van der Waals surface area contributed by atoms with E-state index in [-0.39, 0.29) is 28.4 Å². The number of aromatic nitrogens is 6. The maximum atomic E-state index is 12.2. The molecule has 0 saturated heterocycles. The van der Waals surface area contributed by atoms with E-state index in [1.54, 1.807) is 12.3 Å². The van der Waals surface area contributed by atoms with Crippen molar-refractivity contribution >= 4 is 22.6 Å². The van der Waals surface area contributed by atoms with Crippen molar-refractivity contribution in [3.8, 4) is 11.4 Å². The first kappa shape index (κ1) is 12.4. The van der Waals surface area contributed by atoms with Crippen LogP contribution in [-0.4, -0.2) is 30.0 Å². The van der Waals surface area contributed by atoms with Gasteiger partial charge in [-0.3, -0.25) is 9.20 Å². The van der Waals surface area contributed by atoms with E-state index in [9.17, 15) is 4.79 Å². The smallest absolute Gasteiger partial charge is 0.268 e. The van der Waals surface area contributed by atoms with Gasteiger partial charge in [0.1, 0.15) is 11.2 Å². The van der Waals surface area contributed by atoms with Gasteiger partial charge in [0.05, 0.1) is 0 Å². The van der Waals surface area contributed by atoms with Gasteiger partial charge < -0.3 is 0 Å². The molecule has 1 N–H and O–H groups in total. The number of hydrogen-bond acceptors (Lipinski definition) is 5. The Morgan fingerprint density at radius 2 is 2.22 bits per heavy atom. The summed E-state index contributed by atoms with van der Waals surface area (Å²) in [6.45, 7) is 1.90. The second kappa shape index (κ2) is 4.65. The summed E-state index contributed by atoms with van der Waals surface area (Å²) in [5.74, 6) is 0.249. The van der Waals surface area contributed by atoms with Crippen LogP contribution >= 0.6 is 17.0 Å². The number of aryl methyl sites for hydroxylation is 1. The Hall–Kier alpha value is -2.09. The van der Waals surface area contributed by atoms with Gasteiger partial charge in [0, 0.05) is 12.4 Å². The van der Waals surface area contributed by atoms with Gasteiger partial charge in [0.25, 0.3) is 5.56 Å². The Kier molecular flexibility index (Phi) is 3.19. The van der Waals surface area contributed by atoms with Gasteiger partial charge in [-0.05, 0) is 23.8 Å². The van der Waals surface area contributed by atoms with Crippen molar-refractivity contribution < 1.29 is 0 Å². The zero-order chi connectivity index (χ0) is 11.8. The predicted molar refractivity (Wildman–Crippen MR) is 69.7 cm³/mol. The van der Waals surface area contributed by atoms with Crippen LogP contribution in [0.5, 0.6) is 0 Å². The molecule has 3 rings (SSSR count). The molecule has 0 amide bonds. The number of nitrogens with zero attached hydrogens (tertiary/aromatic N) is 5. The second-order valence-electron chi connectivity index (χ2n) is 3.60. The van der Waals surface area contributed by atoms with Crippen molar-refractivity contribution in [3.63, 3.8) is 0 Å². The highest BCUT2D eigenvalue weighted by Crippen LogP contribution is 2.09. The summed E-state index contributed by atoms with van der Waals surface area (Å²) < 4.78 is 1.47. The minimum Gasteiger partial charge on any atom is -0.268 e. The molecule has 0 unspecified atom stereocenters. The fourth-order valence-electron chi connectivity index (χ4n) is 1.68. The number of aromatic amines is 1. The van der Waals surface area contributed by atoms with E-state index < -0.39 is 0 Å². The normalized spacial score (nSPS) is 10.3. The number of H-pyrrole nitrogens is 1. The van der Waals surface area contributed by atoms with Crippen LogP contribution in [0.25, 0.3) is 17.0 Å². The topological polar surface area (TPSA) is 88.8 Å². The summed E-state index contributed by atoms with van der Waals surface area (Å²) in [5, 5.41) is 13.3. The van der Waals surface area contributed by atoms with Gasteiger partial charge in [-0.15, -0.1) is 27.2 Å². The van der Waals surface area contributed by atoms with Gasteiger partial charge in [-0.2, -0.15) is 5.21 Å². The summed E-state index contributed by atoms with van der Waals surface area (Å²) in [6, 6.07) is 3.70. The van der Waals surface area contributed by atoms with Crippen LogP contribution in [-0.2, 0) is 0 Å². The van der Waals surface area contributed by atoms with Gasteiger partial charge >= 0.3 is 0 Å². The lowest BCUT2D eigenvalue weighted by Crippen LogP contribution is -2.17. The average molecular weight is 309 g/mol. The lowest BCUT2D eigenvalue weighted by molar-refractivity contribution is 0.881. The summed E-state index contributed by atoms with van der Waals surface area (Å²) in [4.78, 5) is 16.4. The van der Waals surface area contributed by atoms with Gasteiger partial charge in [0.2, 0.25) is 5.82 Å². The Morgan fingerprint density at radius 1 is 1.39 bits per heavy atom. The highest BCUT2D eigenvalue weighted by Gasteiger charge is 2.11. The van der Waals surface area contributed by atoms with Crippen LogP contribution in [0, 0.1) is 6.92 Å². The summed E-state index contributed by atoms with van der Waals surface area (Å²) in [5.41, 5.74) is 1.68. The van der Waals surface area contributed by atoms with E-state index in [0.717, 1.165) is 5.56 Å². The molecule has 0 radical (unpaired) electrons. The van der Waals surface area contributed by atoms with Crippen molar-refractivity contribution in [2.45, 2.75) is 6.92 Å². The molecule has 3 aromatic rings. The second-order valence-corrected chi connectivity index (χ2v) is 3.60. The van der Waals surface area contributed by atoms with E-state index in [4.69, 9.17) is 0 Å². The molecule has 0 saturated carbocycles. The minimum atomic E-state index is -0.208. The van der Waals surface area contributed by atoms with E-state index in [1.165, 1.54) is 10.6 Å². The lowest BCUT2D eigenvalue weighted by Gasteiger charge is -2.03.